The van der Waals surface area contributed by atoms with Gasteiger partial charge in [0.1, 0.15) is 0 Å². The van der Waals surface area contributed by atoms with E-state index < -0.39 is 0 Å². The minimum absolute atomic E-state index is 0.0710. The molecule has 1 heterocycles. The molecule has 1 amide bonds. The van der Waals surface area contributed by atoms with Crippen LogP contribution in [0.3, 0.4) is 0 Å². The van der Waals surface area contributed by atoms with Gasteiger partial charge in [0.25, 0.3) is 0 Å². The Morgan fingerprint density at radius 2 is 1.64 bits per heavy atom. The fraction of sp³-hybridized carbons (Fsp3) is 0.211. The third kappa shape index (κ3) is 2.06. The number of benzene rings is 3. The van der Waals surface area contributed by atoms with Crippen LogP contribution in [0.1, 0.15) is 5.56 Å². The summed E-state index contributed by atoms with van der Waals surface area (Å²) in [6.45, 7) is 0.434. The number of likely N-dealkylation sites (N-methyl/N-ethyl adjacent to an activating group) is 1. The molecule has 0 spiro atoms. The van der Waals surface area contributed by atoms with Gasteiger partial charge >= 0.3 is 0 Å². The molecular weight excluding hydrogens is 272 g/mol. The lowest BCUT2D eigenvalue weighted by atomic mass is 9.94. The van der Waals surface area contributed by atoms with Crippen LogP contribution in [0, 0.1) is 0 Å². The van der Waals surface area contributed by atoms with Crippen molar-refractivity contribution >= 4 is 27.5 Å². The van der Waals surface area contributed by atoms with Gasteiger partial charge < -0.3 is 4.90 Å². The average molecular weight is 290 g/mol. The summed E-state index contributed by atoms with van der Waals surface area (Å²) in [5.74, 6) is 0.162. The fourth-order valence-electron chi connectivity index (χ4n) is 3.37. The maximum atomic E-state index is 11.8. The second-order valence-corrected chi connectivity index (χ2v) is 5.90. The predicted octanol–water partition coefficient (Wildman–Crippen LogP) is 2.92. The highest BCUT2D eigenvalue weighted by atomic mass is 16.2. The van der Waals surface area contributed by atoms with Gasteiger partial charge in [-0.1, -0.05) is 48.5 Å². The van der Waals surface area contributed by atoms with E-state index in [2.05, 4.69) is 59.9 Å². The summed E-state index contributed by atoms with van der Waals surface area (Å²) in [5, 5.41) is 8.36. The quantitative estimate of drug-likeness (QED) is 0.736. The molecule has 1 fully saturated rings. The van der Waals surface area contributed by atoms with E-state index in [0.717, 1.165) is 6.42 Å². The molecule has 0 saturated carbocycles. The van der Waals surface area contributed by atoms with E-state index in [-0.39, 0.29) is 12.1 Å². The van der Waals surface area contributed by atoms with Gasteiger partial charge in [-0.25, -0.2) is 0 Å². The van der Waals surface area contributed by atoms with Crippen LogP contribution in [-0.4, -0.2) is 30.6 Å². The zero-order valence-corrected chi connectivity index (χ0v) is 12.5. The van der Waals surface area contributed by atoms with Crippen LogP contribution >= 0.6 is 0 Å². The molecule has 1 atom stereocenters. The Labute approximate surface area is 129 Å². The van der Waals surface area contributed by atoms with E-state index in [1.54, 1.807) is 0 Å². The summed E-state index contributed by atoms with van der Waals surface area (Å²) in [6, 6.07) is 19.2. The first-order valence-corrected chi connectivity index (χ1v) is 7.62. The smallest absolute Gasteiger partial charge is 0.237 e. The predicted molar refractivity (Wildman–Crippen MR) is 89.7 cm³/mol. The second kappa shape index (κ2) is 5.11. The monoisotopic (exact) mass is 290 g/mol. The van der Waals surface area contributed by atoms with Crippen LogP contribution in [-0.2, 0) is 11.2 Å². The zero-order valence-electron chi connectivity index (χ0n) is 12.5. The van der Waals surface area contributed by atoms with Crippen molar-refractivity contribution in [3.8, 4) is 0 Å². The molecule has 22 heavy (non-hydrogen) atoms. The van der Waals surface area contributed by atoms with Crippen LogP contribution in [0.5, 0.6) is 0 Å². The highest BCUT2D eigenvalue weighted by Crippen LogP contribution is 2.30. The van der Waals surface area contributed by atoms with Crippen molar-refractivity contribution in [1.29, 1.82) is 0 Å². The number of amides is 1. The van der Waals surface area contributed by atoms with Crippen LogP contribution in [0.15, 0.2) is 54.6 Å². The van der Waals surface area contributed by atoms with Crippen molar-refractivity contribution < 1.29 is 4.79 Å². The van der Waals surface area contributed by atoms with E-state index in [0.29, 0.717) is 6.54 Å². The standard InChI is InChI=1S/C19H18N2O/c1-21-18(20-12-19(21)22)11-17-15-8-4-2-6-13(15)10-14-7-3-5-9-16(14)17/h2-10,18,20H,11-12H2,1H3/t18-/m0/s1. The highest BCUT2D eigenvalue weighted by Gasteiger charge is 2.27. The SMILES string of the molecule is CN1C(=O)CN[C@@H]1Cc1c2ccccc2cc2ccccc12. The first-order valence-electron chi connectivity index (χ1n) is 7.62. The summed E-state index contributed by atoms with van der Waals surface area (Å²) >= 11 is 0. The molecule has 1 aliphatic rings. The Hall–Kier alpha value is -2.39. The minimum atomic E-state index is 0.0710. The minimum Gasteiger partial charge on any atom is -0.329 e. The van der Waals surface area contributed by atoms with Gasteiger partial charge in [-0.3, -0.25) is 10.1 Å². The molecule has 0 radical (unpaired) electrons. The average Bonchev–Trinajstić information content (AvgIpc) is 2.86. The molecule has 1 aliphatic heterocycles. The molecule has 0 aliphatic carbocycles. The summed E-state index contributed by atoms with van der Waals surface area (Å²) < 4.78 is 0. The third-order valence-corrected chi connectivity index (χ3v) is 4.63. The summed E-state index contributed by atoms with van der Waals surface area (Å²) in [7, 11) is 1.88. The molecule has 3 nitrogen and oxygen atoms in total. The Balaban J connectivity index is 1.91. The number of rotatable bonds is 2. The molecule has 1 saturated heterocycles. The van der Waals surface area contributed by atoms with Gasteiger partial charge in [-0.2, -0.15) is 0 Å². The summed E-state index contributed by atoms with van der Waals surface area (Å²) in [6.07, 6.45) is 0.895. The molecule has 1 N–H and O–H groups in total. The van der Waals surface area contributed by atoms with E-state index in [4.69, 9.17) is 0 Å². The normalized spacial score (nSPS) is 18.5. The Morgan fingerprint density at radius 3 is 2.18 bits per heavy atom. The van der Waals surface area contributed by atoms with Gasteiger partial charge in [0.15, 0.2) is 0 Å². The fourth-order valence-corrected chi connectivity index (χ4v) is 3.37. The Morgan fingerprint density at radius 1 is 1.05 bits per heavy atom. The van der Waals surface area contributed by atoms with Crippen LogP contribution < -0.4 is 5.32 Å². The molecule has 4 rings (SSSR count). The number of nitrogens with zero attached hydrogens (tertiary/aromatic N) is 1. The maximum absolute atomic E-state index is 11.8. The Kier molecular flexibility index (Phi) is 3.09. The first-order chi connectivity index (χ1) is 10.7. The molecule has 0 unspecified atom stereocenters. The summed E-state index contributed by atoms with van der Waals surface area (Å²) in [4.78, 5) is 13.6. The van der Waals surface area contributed by atoms with Crippen molar-refractivity contribution in [3.05, 3.63) is 60.2 Å². The third-order valence-electron chi connectivity index (χ3n) is 4.63. The maximum Gasteiger partial charge on any atom is 0.237 e. The lowest BCUT2D eigenvalue weighted by molar-refractivity contribution is -0.126. The summed E-state index contributed by atoms with van der Waals surface area (Å²) in [5.41, 5.74) is 1.31. The number of carbonyl (C=O) groups is 1. The van der Waals surface area contributed by atoms with Crippen LogP contribution in [0.2, 0.25) is 0 Å². The molecule has 0 aromatic heterocycles. The molecule has 110 valence electrons. The zero-order chi connectivity index (χ0) is 15.1. The van der Waals surface area contributed by atoms with Gasteiger partial charge in [-0.15, -0.1) is 0 Å². The van der Waals surface area contributed by atoms with Gasteiger partial charge in [-0.05, 0) is 33.2 Å². The molecular formula is C19H18N2O. The lowest BCUT2D eigenvalue weighted by Crippen LogP contribution is -2.36. The van der Waals surface area contributed by atoms with Crippen molar-refractivity contribution in [2.75, 3.05) is 13.6 Å². The molecule has 0 bridgehead atoms. The topological polar surface area (TPSA) is 32.3 Å². The van der Waals surface area contributed by atoms with Crippen molar-refractivity contribution in [2.45, 2.75) is 12.6 Å². The number of carbonyl (C=O) groups excluding carboxylic acids is 1. The van der Waals surface area contributed by atoms with E-state index in [1.165, 1.54) is 27.1 Å². The van der Waals surface area contributed by atoms with Gasteiger partial charge in [0.05, 0.1) is 12.7 Å². The van der Waals surface area contributed by atoms with Crippen LogP contribution in [0.4, 0.5) is 0 Å². The van der Waals surface area contributed by atoms with Crippen molar-refractivity contribution in [1.82, 2.24) is 10.2 Å². The molecule has 3 aromatic carbocycles. The number of nitrogens with one attached hydrogen (secondary N) is 1. The van der Waals surface area contributed by atoms with E-state index in [9.17, 15) is 4.79 Å². The largest absolute Gasteiger partial charge is 0.329 e. The van der Waals surface area contributed by atoms with E-state index in [1.807, 2.05) is 11.9 Å². The second-order valence-electron chi connectivity index (χ2n) is 5.90. The van der Waals surface area contributed by atoms with Gasteiger partial charge in [0, 0.05) is 13.5 Å². The van der Waals surface area contributed by atoms with Gasteiger partial charge in [0.2, 0.25) is 5.91 Å². The number of hydrogen-bond donors (Lipinski definition) is 1. The lowest BCUT2D eigenvalue weighted by Gasteiger charge is -2.21. The number of hydrogen-bond acceptors (Lipinski definition) is 2. The van der Waals surface area contributed by atoms with Crippen molar-refractivity contribution in [3.63, 3.8) is 0 Å². The Bertz CT molecular complexity index is 818. The molecule has 3 heteroatoms. The number of fused-ring (bicyclic) bond motifs is 2. The van der Waals surface area contributed by atoms with Crippen LogP contribution in [0.25, 0.3) is 21.5 Å². The highest BCUT2D eigenvalue weighted by molar-refractivity contribution is 6.02. The van der Waals surface area contributed by atoms with Crippen molar-refractivity contribution in [2.24, 2.45) is 0 Å². The molecule has 3 aromatic rings. The van der Waals surface area contributed by atoms with E-state index >= 15 is 0 Å². The first kappa shape index (κ1) is 13.3.